The second-order valence-electron chi connectivity index (χ2n) is 23.0. The number of carbonyl (C=O) groups is 3. The molecule has 5 unspecified atom stereocenters. The first kappa shape index (κ1) is 84.0. The van der Waals surface area contributed by atoms with Crippen molar-refractivity contribution >= 4 is 33.6 Å². The summed E-state index contributed by atoms with van der Waals surface area (Å²) in [5, 5.41) is 20.5. The molecule has 0 amide bonds. The van der Waals surface area contributed by atoms with E-state index in [9.17, 15) is 43.5 Å². The Labute approximate surface area is 528 Å². The fourth-order valence-corrected chi connectivity index (χ4v) is 10.8. The average molecular weight is 1270 g/mol. The number of phosphoric ester groups is 2. The average Bonchev–Trinajstić information content (AvgIpc) is 3.53. The molecule has 0 bridgehead atoms. The normalized spacial score (nSPS) is 14.7. The van der Waals surface area contributed by atoms with E-state index in [4.69, 9.17) is 32.3 Å². The molecule has 0 rings (SSSR count). The lowest BCUT2D eigenvalue weighted by Gasteiger charge is -2.21. The molecule has 0 heterocycles. The molecule has 0 aromatic heterocycles. The maximum atomic E-state index is 12.8. The second-order valence-corrected chi connectivity index (χ2v) is 25.9. The van der Waals surface area contributed by atoms with Crippen LogP contribution in [-0.4, -0.2) is 95.9 Å². The van der Waals surface area contributed by atoms with E-state index in [0.717, 1.165) is 122 Å². The Morgan fingerprint density at radius 2 is 0.609 bits per heavy atom. The van der Waals surface area contributed by atoms with Crippen LogP contribution in [0.3, 0.4) is 0 Å². The van der Waals surface area contributed by atoms with Gasteiger partial charge in [-0.1, -0.05) is 254 Å². The number of unbranched alkanes of at least 4 members (excludes halogenated alkanes) is 30. The van der Waals surface area contributed by atoms with Crippen LogP contribution >= 0.6 is 15.6 Å². The van der Waals surface area contributed by atoms with Crippen LogP contribution in [0.25, 0.3) is 0 Å². The first-order valence-corrected chi connectivity index (χ1v) is 37.2. The highest BCUT2D eigenvalue weighted by atomic mass is 31.2. The molecule has 0 saturated heterocycles. The lowest BCUT2D eigenvalue weighted by molar-refractivity contribution is -0.161. The number of esters is 3. The molecular formula is C69H124O16P2. The first-order valence-electron chi connectivity index (χ1n) is 34.2. The molecule has 0 spiro atoms. The topological polar surface area (TPSA) is 231 Å². The number of carbonyl (C=O) groups excluding carboxylic acids is 3. The van der Waals surface area contributed by atoms with E-state index in [0.29, 0.717) is 19.3 Å². The number of allylic oxidation sites excluding steroid dienone is 12. The number of hydrogen-bond donors (Lipinski definition) is 4. The van der Waals surface area contributed by atoms with Crippen LogP contribution < -0.4 is 0 Å². The van der Waals surface area contributed by atoms with E-state index in [2.05, 4.69) is 93.7 Å². The highest BCUT2D eigenvalue weighted by Crippen LogP contribution is 2.45. The van der Waals surface area contributed by atoms with Crippen molar-refractivity contribution in [1.82, 2.24) is 0 Å². The van der Waals surface area contributed by atoms with Crippen LogP contribution in [0.2, 0.25) is 0 Å². The van der Waals surface area contributed by atoms with Gasteiger partial charge in [0.15, 0.2) is 6.10 Å². The number of rotatable bonds is 65. The molecule has 16 nitrogen and oxygen atoms in total. The summed E-state index contributed by atoms with van der Waals surface area (Å²) in [5.41, 5.74) is 0. The van der Waals surface area contributed by atoms with Crippen molar-refractivity contribution in [3.63, 3.8) is 0 Å². The van der Waals surface area contributed by atoms with Crippen molar-refractivity contribution in [1.29, 1.82) is 0 Å². The summed E-state index contributed by atoms with van der Waals surface area (Å²) >= 11 is 0. The predicted octanol–water partition coefficient (Wildman–Crippen LogP) is 18.8. The predicted molar refractivity (Wildman–Crippen MR) is 353 cm³/mol. The van der Waals surface area contributed by atoms with Crippen LogP contribution in [0.15, 0.2) is 72.9 Å². The van der Waals surface area contributed by atoms with Gasteiger partial charge in [-0.3, -0.25) is 32.5 Å². The van der Waals surface area contributed by atoms with Gasteiger partial charge in [-0.05, 0) is 89.9 Å². The maximum absolute atomic E-state index is 12.8. The highest BCUT2D eigenvalue weighted by molar-refractivity contribution is 7.47. The number of phosphoric acid groups is 2. The molecule has 0 aliphatic rings. The Kier molecular flexibility index (Phi) is 61.0. The summed E-state index contributed by atoms with van der Waals surface area (Å²) in [6.45, 7) is 2.53. The minimum Gasteiger partial charge on any atom is -0.463 e. The highest BCUT2D eigenvalue weighted by Gasteiger charge is 2.29. The fraction of sp³-hybridized carbons (Fsp3) is 0.783. The molecule has 0 aromatic carbocycles. The molecule has 4 N–H and O–H groups in total. The van der Waals surface area contributed by atoms with E-state index in [1.165, 1.54) is 109 Å². The SMILES string of the molecule is CC/C=C\C/C=C\C/C=C\C/C=C\C/C=C\CCCCCCCCCCCCCC(=O)OCC(O)COP(=O)(O)OCC(O)COP(=O)(O)OCC(COC(=O)CCCCCCC/C=C\CCCCCC)OC(=O)CCCCCCCCCCCCC. The van der Waals surface area contributed by atoms with Crippen molar-refractivity contribution in [3.8, 4) is 0 Å². The zero-order valence-corrected chi connectivity index (χ0v) is 56.5. The van der Waals surface area contributed by atoms with Crippen LogP contribution in [0.4, 0.5) is 0 Å². The minimum absolute atomic E-state index is 0.108. The quantitative estimate of drug-likeness (QED) is 0.0146. The first-order chi connectivity index (χ1) is 42.2. The monoisotopic (exact) mass is 1270 g/mol. The number of ether oxygens (including phenoxy) is 3. The van der Waals surface area contributed by atoms with Gasteiger partial charge < -0.3 is 34.2 Å². The van der Waals surface area contributed by atoms with Gasteiger partial charge in [-0.2, -0.15) is 0 Å². The molecule has 0 aliphatic heterocycles. The van der Waals surface area contributed by atoms with Crippen molar-refractivity contribution in [3.05, 3.63) is 72.9 Å². The summed E-state index contributed by atoms with van der Waals surface area (Å²) in [6.07, 6.45) is 65.4. The van der Waals surface area contributed by atoms with E-state index in [1.807, 2.05) is 0 Å². The molecule has 0 aliphatic carbocycles. The minimum atomic E-state index is -4.91. The molecule has 0 saturated carbocycles. The van der Waals surface area contributed by atoms with Crippen molar-refractivity contribution in [2.24, 2.45) is 0 Å². The summed E-state index contributed by atoms with van der Waals surface area (Å²) in [6, 6.07) is 0. The van der Waals surface area contributed by atoms with E-state index in [-0.39, 0.29) is 19.3 Å². The van der Waals surface area contributed by atoms with Gasteiger partial charge in [-0.25, -0.2) is 9.13 Å². The van der Waals surface area contributed by atoms with Gasteiger partial charge in [0, 0.05) is 19.3 Å². The van der Waals surface area contributed by atoms with Crippen molar-refractivity contribution in [2.75, 3.05) is 39.6 Å². The lowest BCUT2D eigenvalue weighted by atomic mass is 10.0. The molecule has 0 fully saturated rings. The van der Waals surface area contributed by atoms with Crippen LogP contribution in [0, 0.1) is 0 Å². The lowest BCUT2D eigenvalue weighted by Crippen LogP contribution is -2.30. The zero-order valence-electron chi connectivity index (χ0n) is 54.7. The summed E-state index contributed by atoms with van der Waals surface area (Å²) < 4.78 is 60.8. The van der Waals surface area contributed by atoms with Gasteiger partial charge in [0.05, 0.1) is 26.4 Å². The number of hydrogen-bond acceptors (Lipinski definition) is 14. The van der Waals surface area contributed by atoms with E-state index in [1.54, 1.807) is 0 Å². The Morgan fingerprint density at radius 1 is 0.333 bits per heavy atom. The molecular weight excluding hydrogens is 1150 g/mol. The Bertz CT molecular complexity index is 1880. The number of aliphatic hydroxyl groups excluding tert-OH is 2. The summed E-state index contributed by atoms with van der Waals surface area (Å²) in [7, 11) is -9.76. The summed E-state index contributed by atoms with van der Waals surface area (Å²) in [5.74, 6) is -1.58. The van der Waals surface area contributed by atoms with Gasteiger partial charge in [0.2, 0.25) is 0 Å². The molecule has 0 radical (unpaired) electrons. The Balaban J connectivity index is 4.42. The van der Waals surface area contributed by atoms with Crippen LogP contribution in [0.1, 0.15) is 290 Å². The van der Waals surface area contributed by atoms with Gasteiger partial charge in [0.1, 0.15) is 25.4 Å². The van der Waals surface area contributed by atoms with Crippen LogP contribution in [-0.2, 0) is 55.8 Å². The van der Waals surface area contributed by atoms with Gasteiger partial charge >= 0.3 is 33.6 Å². The van der Waals surface area contributed by atoms with Crippen molar-refractivity contribution < 1.29 is 75.8 Å². The Hall–Kier alpha value is -3.01. The molecule has 5 atom stereocenters. The van der Waals surface area contributed by atoms with Crippen molar-refractivity contribution in [2.45, 2.75) is 309 Å². The molecule has 87 heavy (non-hydrogen) atoms. The van der Waals surface area contributed by atoms with E-state index < -0.39 is 91.5 Å². The standard InChI is InChI=1S/C69H124O16P2/c1-4-7-10-13-16-19-22-24-25-26-27-28-29-30-31-32-33-34-35-36-37-39-42-43-46-49-52-55-67(72)79-58-64(70)59-81-86(75,76)82-60-65(71)61-83-87(77,78)84-63-66(85-69(74)57-54-51-48-45-40-21-18-15-12-9-6-3)62-80-68(73)56-53-50-47-44-41-38-23-20-17-14-11-8-5-2/h7,10,16,19-20,23-25,27-28,30-31,64-66,70-71H,4-6,8-9,11-15,17-18,21-22,26,29,32-63H2,1-3H3,(H,75,76)(H,77,78)/b10-7-,19-16-,23-20-,25-24-,28-27-,31-30-. The third-order valence-electron chi connectivity index (χ3n) is 14.4. The third kappa shape index (κ3) is 64.3. The molecule has 0 aromatic rings. The maximum Gasteiger partial charge on any atom is 0.472 e. The van der Waals surface area contributed by atoms with E-state index >= 15 is 0 Å². The van der Waals surface area contributed by atoms with Gasteiger partial charge in [-0.15, -0.1) is 0 Å². The summed E-state index contributed by atoms with van der Waals surface area (Å²) in [4.78, 5) is 58.2. The third-order valence-corrected chi connectivity index (χ3v) is 16.3. The zero-order chi connectivity index (χ0) is 63.8. The van der Waals surface area contributed by atoms with Gasteiger partial charge in [0.25, 0.3) is 0 Å². The molecule has 506 valence electrons. The Morgan fingerprint density at radius 3 is 0.989 bits per heavy atom. The number of aliphatic hydroxyl groups is 2. The second kappa shape index (κ2) is 63.2. The molecule has 18 heteroatoms. The largest absolute Gasteiger partial charge is 0.472 e. The van der Waals surface area contributed by atoms with Crippen LogP contribution in [0.5, 0.6) is 0 Å². The fourth-order valence-electron chi connectivity index (χ4n) is 9.18. The smallest absolute Gasteiger partial charge is 0.463 e.